The quantitative estimate of drug-likeness (QED) is 0.803. The molecule has 2 rings (SSSR count). The molecule has 1 amide bonds. The first kappa shape index (κ1) is 15.3. The summed E-state index contributed by atoms with van der Waals surface area (Å²) in [5, 5.41) is 8.92. The molecule has 0 atom stereocenters. The molecule has 0 radical (unpaired) electrons. The summed E-state index contributed by atoms with van der Waals surface area (Å²) in [6, 6.07) is 0.638. The Morgan fingerprint density at radius 2 is 1.55 bits per heavy atom. The van der Waals surface area contributed by atoms with Crippen molar-refractivity contribution in [3.8, 4) is 0 Å². The average Bonchev–Trinajstić information content (AvgIpc) is 3.21. The van der Waals surface area contributed by atoms with E-state index in [9.17, 15) is 9.59 Å². The molecule has 20 heavy (non-hydrogen) atoms. The van der Waals surface area contributed by atoms with Crippen molar-refractivity contribution in [2.24, 2.45) is 5.92 Å². The molecule has 0 aromatic rings. The molecular weight excluding hydrogens is 256 g/mol. The third-order valence-corrected chi connectivity index (χ3v) is 4.67. The highest BCUT2D eigenvalue weighted by atomic mass is 16.4. The lowest BCUT2D eigenvalue weighted by molar-refractivity contribution is -0.140. The second-order valence-electron chi connectivity index (χ2n) is 6.45. The van der Waals surface area contributed by atoms with Gasteiger partial charge in [-0.15, -0.1) is 0 Å². The Morgan fingerprint density at radius 1 is 1.00 bits per heavy atom. The van der Waals surface area contributed by atoms with Crippen LogP contribution < -0.4 is 0 Å². The molecule has 0 aromatic carbocycles. The monoisotopic (exact) mass is 282 g/mol. The van der Waals surface area contributed by atoms with Crippen LogP contribution in [-0.4, -0.2) is 59.0 Å². The van der Waals surface area contributed by atoms with Gasteiger partial charge in [0.05, 0.1) is 13.1 Å². The molecule has 2 aliphatic carbocycles. The third-order valence-electron chi connectivity index (χ3n) is 4.67. The van der Waals surface area contributed by atoms with E-state index in [1.165, 1.54) is 12.8 Å². The van der Waals surface area contributed by atoms with Gasteiger partial charge in [0.15, 0.2) is 0 Å². The topological polar surface area (TPSA) is 60.9 Å². The Morgan fingerprint density at radius 3 is 2.05 bits per heavy atom. The van der Waals surface area contributed by atoms with E-state index < -0.39 is 5.97 Å². The van der Waals surface area contributed by atoms with Crippen LogP contribution in [0.1, 0.15) is 45.4 Å². The summed E-state index contributed by atoms with van der Waals surface area (Å²) in [6.45, 7) is 2.49. The van der Waals surface area contributed by atoms with Crippen LogP contribution in [0.3, 0.4) is 0 Å². The van der Waals surface area contributed by atoms with Crippen LogP contribution in [0.5, 0.6) is 0 Å². The summed E-state index contributed by atoms with van der Waals surface area (Å²) in [5.41, 5.74) is 0. The maximum absolute atomic E-state index is 12.3. The highest BCUT2D eigenvalue weighted by Gasteiger charge is 2.33. The molecule has 0 heterocycles. The summed E-state index contributed by atoms with van der Waals surface area (Å²) >= 11 is 0. The third kappa shape index (κ3) is 4.20. The van der Waals surface area contributed by atoms with Gasteiger partial charge in [-0.3, -0.25) is 14.5 Å². The number of hydrogen-bond donors (Lipinski definition) is 1. The summed E-state index contributed by atoms with van der Waals surface area (Å²) in [5.74, 6) is -0.0127. The predicted octanol–water partition coefficient (Wildman–Crippen LogP) is 1.57. The SMILES string of the molecule is CC1CCC(N(C)C(=O)CN(CC(=O)O)C2CC2)CC1. The minimum atomic E-state index is -0.848. The smallest absolute Gasteiger partial charge is 0.317 e. The van der Waals surface area contributed by atoms with Crippen LogP contribution in [-0.2, 0) is 9.59 Å². The Kier molecular flexibility index (Phi) is 5.02. The molecule has 2 saturated carbocycles. The number of carboxylic acid groups (broad SMARTS) is 1. The van der Waals surface area contributed by atoms with Gasteiger partial charge >= 0.3 is 5.97 Å². The Hall–Kier alpha value is -1.10. The Labute approximate surface area is 120 Å². The first-order valence-corrected chi connectivity index (χ1v) is 7.69. The number of carbonyl (C=O) groups excluding carboxylic acids is 1. The summed E-state index contributed by atoms with van der Waals surface area (Å²) in [4.78, 5) is 26.9. The van der Waals surface area contributed by atoms with Gasteiger partial charge in [0.1, 0.15) is 0 Å². The summed E-state index contributed by atoms with van der Waals surface area (Å²) < 4.78 is 0. The molecule has 0 aliphatic heterocycles. The van der Waals surface area contributed by atoms with Crippen molar-refractivity contribution in [3.63, 3.8) is 0 Å². The van der Waals surface area contributed by atoms with E-state index in [0.717, 1.165) is 31.6 Å². The van der Waals surface area contributed by atoms with Crippen LogP contribution in [0.2, 0.25) is 0 Å². The van der Waals surface area contributed by atoms with Crippen molar-refractivity contribution in [2.45, 2.75) is 57.5 Å². The fourth-order valence-corrected chi connectivity index (χ4v) is 3.05. The van der Waals surface area contributed by atoms with Gasteiger partial charge in [0.25, 0.3) is 0 Å². The van der Waals surface area contributed by atoms with Crippen LogP contribution in [0.15, 0.2) is 0 Å². The van der Waals surface area contributed by atoms with Crippen molar-refractivity contribution < 1.29 is 14.7 Å². The lowest BCUT2D eigenvalue weighted by Gasteiger charge is -2.34. The van der Waals surface area contributed by atoms with Crippen molar-refractivity contribution in [3.05, 3.63) is 0 Å². The maximum Gasteiger partial charge on any atom is 0.317 e. The number of amides is 1. The number of nitrogens with zero attached hydrogens (tertiary/aromatic N) is 2. The van der Waals surface area contributed by atoms with Crippen molar-refractivity contribution in [1.29, 1.82) is 0 Å². The molecule has 114 valence electrons. The number of aliphatic carboxylic acids is 1. The van der Waals surface area contributed by atoms with Crippen molar-refractivity contribution >= 4 is 11.9 Å². The van der Waals surface area contributed by atoms with Gasteiger partial charge in [-0.2, -0.15) is 0 Å². The highest BCUT2D eigenvalue weighted by Crippen LogP contribution is 2.28. The number of carboxylic acids is 1. The van der Waals surface area contributed by atoms with Crippen molar-refractivity contribution in [2.75, 3.05) is 20.1 Å². The number of carbonyl (C=O) groups is 2. The van der Waals surface area contributed by atoms with E-state index in [1.54, 1.807) is 0 Å². The van der Waals surface area contributed by atoms with E-state index in [2.05, 4.69) is 6.92 Å². The molecule has 0 aromatic heterocycles. The lowest BCUT2D eigenvalue weighted by atomic mass is 9.87. The molecule has 2 aliphatic rings. The zero-order valence-corrected chi connectivity index (χ0v) is 12.5. The zero-order valence-electron chi connectivity index (χ0n) is 12.5. The molecular formula is C15H26N2O3. The number of hydrogen-bond acceptors (Lipinski definition) is 3. The largest absolute Gasteiger partial charge is 0.480 e. The molecule has 0 bridgehead atoms. The van der Waals surface area contributed by atoms with E-state index in [4.69, 9.17) is 5.11 Å². The molecule has 5 heteroatoms. The first-order chi connectivity index (χ1) is 9.47. The van der Waals surface area contributed by atoms with Crippen LogP contribution in [0, 0.1) is 5.92 Å². The number of likely N-dealkylation sites (N-methyl/N-ethyl adjacent to an activating group) is 1. The summed E-state index contributed by atoms with van der Waals surface area (Å²) in [6.07, 6.45) is 6.56. The van der Waals surface area contributed by atoms with Gasteiger partial charge in [-0.05, 0) is 44.4 Å². The van der Waals surface area contributed by atoms with E-state index in [-0.39, 0.29) is 19.0 Å². The summed E-state index contributed by atoms with van der Waals surface area (Å²) in [7, 11) is 1.87. The molecule has 5 nitrogen and oxygen atoms in total. The minimum Gasteiger partial charge on any atom is -0.480 e. The predicted molar refractivity (Wildman–Crippen MR) is 76.4 cm³/mol. The molecule has 1 N–H and O–H groups in total. The fourth-order valence-electron chi connectivity index (χ4n) is 3.05. The fraction of sp³-hybridized carbons (Fsp3) is 0.867. The molecule has 2 fully saturated rings. The standard InChI is InChI=1S/C15H26N2O3/c1-11-3-5-12(6-4-11)16(2)14(18)9-17(10-15(19)20)13-7-8-13/h11-13H,3-10H2,1-2H3,(H,19,20). The van der Waals surface area contributed by atoms with Gasteiger partial charge in [0.2, 0.25) is 5.91 Å². The highest BCUT2D eigenvalue weighted by molar-refractivity contribution is 5.79. The lowest BCUT2D eigenvalue weighted by Crippen LogP contribution is -2.46. The van der Waals surface area contributed by atoms with Gasteiger partial charge in [-0.1, -0.05) is 6.92 Å². The average molecular weight is 282 g/mol. The Balaban J connectivity index is 1.84. The molecule has 0 unspecified atom stereocenters. The van der Waals surface area contributed by atoms with Gasteiger partial charge in [-0.25, -0.2) is 0 Å². The normalized spacial score (nSPS) is 26.6. The van der Waals surface area contributed by atoms with E-state index in [0.29, 0.717) is 12.1 Å². The van der Waals surface area contributed by atoms with Crippen LogP contribution >= 0.6 is 0 Å². The number of rotatable bonds is 6. The molecule has 0 spiro atoms. The maximum atomic E-state index is 12.3. The Bertz CT molecular complexity index is 360. The van der Waals surface area contributed by atoms with E-state index >= 15 is 0 Å². The van der Waals surface area contributed by atoms with Gasteiger partial charge in [0, 0.05) is 19.1 Å². The second kappa shape index (κ2) is 6.57. The second-order valence-corrected chi connectivity index (χ2v) is 6.45. The first-order valence-electron chi connectivity index (χ1n) is 7.69. The van der Waals surface area contributed by atoms with Crippen LogP contribution in [0.4, 0.5) is 0 Å². The van der Waals surface area contributed by atoms with Crippen molar-refractivity contribution in [1.82, 2.24) is 9.80 Å². The van der Waals surface area contributed by atoms with E-state index in [1.807, 2.05) is 16.8 Å². The van der Waals surface area contributed by atoms with Gasteiger partial charge < -0.3 is 10.0 Å². The minimum absolute atomic E-state index is 0.0219. The molecule has 0 saturated heterocycles. The van der Waals surface area contributed by atoms with Crippen LogP contribution in [0.25, 0.3) is 0 Å². The zero-order chi connectivity index (χ0) is 14.7.